The molecule has 0 bridgehead atoms. The summed E-state index contributed by atoms with van der Waals surface area (Å²) in [6.07, 6.45) is 0.372. The lowest BCUT2D eigenvalue weighted by molar-refractivity contribution is -0.137. The van der Waals surface area contributed by atoms with Crippen molar-refractivity contribution in [1.29, 1.82) is 0 Å². The normalized spacial score (nSPS) is 10.0. The van der Waals surface area contributed by atoms with E-state index < -0.39 is 12.0 Å². The Hall–Kier alpha value is -2.57. The van der Waals surface area contributed by atoms with Crippen LogP contribution >= 0.6 is 0 Å². The molecule has 0 heterocycles. The van der Waals surface area contributed by atoms with Gasteiger partial charge in [-0.1, -0.05) is 6.07 Å². The SMILES string of the molecule is CCN(CC)C(=O)c1cccc(NC(=O)NCCCC(=O)O)c1. The highest BCUT2D eigenvalue weighted by Crippen LogP contribution is 2.12. The van der Waals surface area contributed by atoms with E-state index in [4.69, 9.17) is 5.11 Å². The van der Waals surface area contributed by atoms with E-state index in [0.717, 1.165) is 0 Å². The van der Waals surface area contributed by atoms with E-state index in [1.54, 1.807) is 29.2 Å². The third kappa shape index (κ3) is 6.37. The van der Waals surface area contributed by atoms with Crippen molar-refractivity contribution in [2.45, 2.75) is 26.7 Å². The molecule has 3 amide bonds. The van der Waals surface area contributed by atoms with Crippen LogP contribution in [0.4, 0.5) is 10.5 Å². The van der Waals surface area contributed by atoms with Gasteiger partial charge in [-0.05, 0) is 38.5 Å². The van der Waals surface area contributed by atoms with E-state index in [0.29, 0.717) is 30.8 Å². The molecule has 0 saturated carbocycles. The molecule has 0 radical (unpaired) electrons. The number of aliphatic carboxylic acids is 1. The number of amides is 3. The number of hydrogen-bond acceptors (Lipinski definition) is 3. The molecule has 0 fully saturated rings. The van der Waals surface area contributed by atoms with Crippen molar-refractivity contribution < 1.29 is 19.5 Å². The Morgan fingerprint density at radius 2 is 1.87 bits per heavy atom. The Labute approximate surface area is 135 Å². The summed E-state index contributed by atoms with van der Waals surface area (Å²) in [5, 5.41) is 13.7. The molecule has 1 rings (SSSR count). The molecule has 0 unspecified atom stereocenters. The number of carboxylic acids is 1. The van der Waals surface area contributed by atoms with Crippen molar-refractivity contribution in [1.82, 2.24) is 10.2 Å². The lowest BCUT2D eigenvalue weighted by atomic mass is 10.1. The van der Waals surface area contributed by atoms with Gasteiger partial charge in [-0.15, -0.1) is 0 Å². The van der Waals surface area contributed by atoms with E-state index in [2.05, 4.69) is 10.6 Å². The molecule has 0 aliphatic heterocycles. The summed E-state index contributed by atoms with van der Waals surface area (Å²) in [6, 6.07) is 6.29. The van der Waals surface area contributed by atoms with Gasteiger partial charge in [0.15, 0.2) is 0 Å². The quantitative estimate of drug-likeness (QED) is 0.639. The van der Waals surface area contributed by atoms with Crippen LogP contribution in [0.25, 0.3) is 0 Å². The van der Waals surface area contributed by atoms with Crippen molar-refractivity contribution >= 4 is 23.6 Å². The molecule has 126 valence electrons. The lowest BCUT2D eigenvalue weighted by Crippen LogP contribution is -2.31. The molecule has 1 aromatic rings. The molecule has 0 aliphatic rings. The molecule has 7 nitrogen and oxygen atoms in total. The first-order valence-corrected chi connectivity index (χ1v) is 7.63. The van der Waals surface area contributed by atoms with E-state index >= 15 is 0 Å². The molecule has 0 aliphatic carbocycles. The number of rotatable bonds is 8. The molecule has 0 saturated heterocycles. The number of anilines is 1. The van der Waals surface area contributed by atoms with Crippen LogP contribution in [0.15, 0.2) is 24.3 Å². The fourth-order valence-corrected chi connectivity index (χ4v) is 2.04. The van der Waals surface area contributed by atoms with Crippen LogP contribution in [-0.2, 0) is 4.79 Å². The highest BCUT2D eigenvalue weighted by Gasteiger charge is 2.13. The minimum absolute atomic E-state index is 0.00807. The Bertz CT molecular complexity index is 556. The van der Waals surface area contributed by atoms with Crippen LogP contribution in [0.1, 0.15) is 37.0 Å². The van der Waals surface area contributed by atoms with Crippen LogP contribution in [0.3, 0.4) is 0 Å². The zero-order chi connectivity index (χ0) is 17.2. The number of carboxylic acid groups (broad SMARTS) is 1. The van der Waals surface area contributed by atoms with E-state index in [-0.39, 0.29) is 18.9 Å². The maximum atomic E-state index is 12.3. The Balaban J connectivity index is 2.58. The number of carbonyl (C=O) groups is 3. The highest BCUT2D eigenvalue weighted by atomic mass is 16.4. The molecule has 23 heavy (non-hydrogen) atoms. The van der Waals surface area contributed by atoms with Gasteiger partial charge < -0.3 is 20.6 Å². The second kappa shape index (κ2) is 9.45. The first kappa shape index (κ1) is 18.5. The maximum absolute atomic E-state index is 12.3. The van der Waals surface area contributed by atoms with Gasteiger partial charge in [0.1, 0.15) is 0 Å². The van der Waals surface area contributed by atoms with Crippen molar-refractivity contribution in [3.8, 4) is 0 Å². The third-order valence-electron chi connectivity index (χ3n) is 3.27. The van der Waals surface area contributed by atoms with Crippen LogP contribution in [0.2, 0.25) is 0 Å². The smallest absolute Gasteiger partial charge is 0.319 e. The van der Waals surface area contributed by atoms with Gasteiger partial charge in [-0.25, -0.2) is 4.79 Å². The van der Waals surface area contributed by atoms with Gasteiger partial charge >= 0.3 is 12.0 Å². The first-order chi connectivity index (χ1) is 11.0. The number of benzene rings is 1. The van der Waals surface area contributed by atoms with Gasteiger partial charge in [0.05, 0.1) is 0 Å². The van der Waals surface area contributed by atoms with Gasteiger partial charge in [0, 0.05) is 37.3 Å². The number of nitrogens with one attached hydrogen (secondary N) is 2. The van der Waals surface area contributed by atoms with E-state index in [1.165, 1.54) is 0 Å². The highest BCUT2D eigenvalue weighted by molar-refractivity contribution is 5.96. The Morgan fingerprint density at radius 1 is 1.17 bits per heavy atom. The summed E-state index contributed by atoms with van der Waals surface area (Å²) in [7, 11) is 0. The zero-order valence-electron chi connectivity index (χ0n) is 13.5. The largest absolute Gasteiger partial charge is 0.481 e. The fraction of sp³-hybridized carbons (Fsp3) is 0.438. The minimum Gasteiger partial charge on any atom is -0.481 e. The van der Waals surface area contributed by atoms with Gasteiger partial charge in [-0.3, -0.25) is 9.59 Å². The maximum Gasteiger partial charge on any atom is 0.319 e. The van der Waals surface area contributed by atoms with E-state index in [9.17, 15) is 14.4 Å². The first-order valence-electron chi connectivity index (χ1n) is 7.63. The number of nitrogens with zero attached hydrogens (tertiary/aromatic N) is 1. The van der Waals surface area contributed by atoms with Gasteiger partial charge in [0.25, 0.3) is 5.91 Å². The molecular weight excluding hydrogens is 298 g/mol. The van der Waals surface area contributed by atoms with Gasteiger partial charge in [0.2, 0.25) is 0 Å². The van der Waals surface area contributed by atoms with Crippen molar-refractivity contribution in [3.63, 3.8) is 0 Å². The van der Waals surface area contributed by atoms with Crippen LogP contribution in [0, 0.1) is 0 Å². The van der Waals surface area contributed by atoms with Crippen LogP contribution in [-0.4, -0.2) is 47.5 Å². The summed E-state index contributed by atoms with van der Waals surface area (Å²) < 4.78 is 0. The fourth-order valence-electron chi connectivity index (χ4n) is 2.04. The number of urea groups is 1. The minimum atomic E-state index is -0.894. The number of carbonyl (C=O) groups excluding carboxylic acids is 2. The molecule has 7 heteroatoms. The summed E-state index contributed by atoms with van der Waals surface area (Å²) in [6.45, 7) is 5.34. The Morgan fingerprint density at radius 3 is 2.48 bits per heavy atom. The molecule has 0 aromatic heterocycles. The predicted octanol–water partition coefficient (Wildman–Crippen LogP) is 2.15. The van der Waals surface area contributed by atoms with Crippen LogP contribution in [0.5, 0.6) is 0 Å². The molecule has 3 N–H and O–H groups in total. The van der Waals surface area contributed by atoms with Crippen molar-refractivity contribution in [3.05, 3.63) is 29.8 Å². The van der Waals surface area contributed by atoms with Crippen molar-refractivity contribution in [2.24, 2.45) is 0 Å². The number of hydrogen-bond donors (Lipinski definition) is 3. The molecule has 0 atom stereocenters. The summed E-state index contributed by atoms with van der Waals surface area (Å²) in [4.78, 5) is 36.1. The predicted molar refractivity (Wildman–Crippen MR) is 87.6 cm³/mol. The summed E-state index contributed by atoms with van der Waals surface area (Å²) in [5.74, 6) is -0.977. The van der Waals surface area contributed by atoms with E-state index in [1.807, 2.05) is 13.8 Å². The molecule has 1 aromatic carbocycles. The molecular formula is C16H23N3O4. The lowest BCUT2D eigenvalue weighted by Gasteiger charge is -2.19. The summed E-state index contributed by atoms with van der Waals surface area (Å²) in [5.41, 5.74) is 1.02. The third-order valence-corrected chi connectivity index (χ3v) is 3.27. The average molecular weight is 321 g/mol. The summed E-state index contributed by atoms with van der Waals surface area (Å²) >= 11 is 0. The van der Waals surface area contributed by atoms with Crippen molar-refractivity contribution in [2.75, 3.05) is 25.0 Å². The monoisotopic (exact) mass is 321 g/mol. The second-order valence-electron chi connectivity index (χ2n) is 4.94. The zero-order valence-corrected chi connectivity index (χ0v) is 13.5. The second-order valence-corrected chi connectivity index (χ2v) is 4.94. The Kier molecular flexibility index (Phi) is 7.59. The topological polar surface area (TPSA) is 98.7 Å². The molecule has 0 spiro atoms. The van der Waals surface area contributed by atoms with Crippen LogP contribution < -0.4 is 10.6 Å². The standard InChI is InChI=1S/C16H23N3O4/c1-3-19(4-2)15(22)12-7-5-8-13(11-12)18-16(23)17-10-6-9-14(20)21/h5,7-8,11H,3-4,6,9-10H2,1-2H3,(H,20,21)(H2,17,18,23). The van der Waals surface area contributed by atoms with Gasteiger partial charge in [-0.2, -0.15) is 0 Å². The average Bonchev–Trinajstić information content (AvgIpc) is 2.52.